The van der Waals surface area contributed by atoms with Crippen LogP contribution in [-0.4, -0.2) is 87.2 Å². The molecule has 3 aromatic carbocycles. The van der Waals surface area contributed by atoms with Gasteiger partial charge in [-0.05, 0) is 77.9 Å². The summed E-state index contributed by atoms with van der Waals surface area (Å²) in [6, 6.07) is 13.5. The van der Waals surface area contributed by atoms with E-state index in [1.807, 2.05) is 12.1 Å². The highest BCUT2D eigenvalue weighted by Gasteiger charge is 2.42. The number of halogens is 2. The molecule has 0 spiro atoms. The number of hydrogen-bond acceptors (Lipinski definition) is 8. The van der Waals surface area contributed by atoms with Crippen LogP contribution >= 0.6 is 11.6 Å². The number of aliphatic carboxylic acids is 1. The monoisotopic (exact) mass is 731 g/mol. The zero-order chi connectivity index (χ0) is 37.1. The fourth-order valence-electron chi connectivity index (χ4n) is 6.73. The SMILES string of the molecule is NC(CCC(=O)O)C(=O)N1CC=C(c2cccc3c2CCN(C(=O)[C@H]2CC(c4cccc(Cl)c4F)=NO2)[C@@H]3C(=O)Nc2ccc(C(=O)O)cc2)CC1. The van der Waals surface area contributed by atoms with Crippen LogP contribution in [-0.2, 0) is 30.4 Å². The number of nitrogens with zero attached hydrogens (tertiary/aromatic N) is 3. The van der Waals surface area contributed by atoms with Crippen molar-refractivity contribution in [2.24, 2.45) is 10.9 Å². The molecular weight excluding hydrogens is 697 g/mol. The largest absolute Gasteiger partial charge is 0.481 e. The number of fused-ring (bicyclic) bond motifs is 1. The fourth-order valence-corrected chi connectivity index (χ4v) is 6.90. The Bertz CT molecular complexity index is 2000. The molecule has 3 aromatic rings. The maximum atomic E-state index is 14.8. The molecule has 0 saturated heterocycles. The number of nitrogens with two attached hydrogens (primary N) is 1. The summed E-state index contributed by atoms with van der Waals surface area (Å²) in [4.78, 5) is 72.0. The van der Waals surface area contributed by atoms with Crippen LogP contribution in [0, 0.1) is 5.82 Å². The maximum Gasteiger partial charge on any atom is 0.335 e. The molecule has 3 amide bonds. The maximum absolute atomic E-state index is 14.8. The van der Waals surface area contributed by atoms with E-state index in [1.165, 1.54) is 41.3 Å². The van der Waals surface area contributed by atoms with Crippen molar-refractivity contribution in [3.05, 3.63) is 105 Å². The van der Waals surface area contributed by atoms with Crippen LogP contribution < -0.4 is 11.1 Å². The van der Waals surface area contributed by atoms with Gasteiger partial charge in [0.2, 0.25) is 12.0 Å². The van der Waals surface area contributed by atoms with Gasteiger partial charge in [0.05, 0.1) is 22.3 Å². The van der Waals surface area contributed by atoms with Gasteiger partial charge >= 0.3 is 11.9 Å². The molecule has 0 radical (unpaired) electrons. The standard InChI is InChI=1S/C37H35ClFN5O8/c38-27-6-2-5-26(32(27)39)29-19-30(52-42-29)36(49)44-18-15-24-23(20-13-16-43(17-14-20)35(48)28(40)11-12-31(45)46)3-1-4-25(24)33(44)34(47)41-22-9-7-21(8-10-22)37(50)51/h1-10,13,28,30,33H,11-12,14-19,40H2,(H,41,47)(H,45,46)(H,50,51)/t28?,30-,33+/m1/s1. The van der Waals surface area contributed by atoms with Crippen LogP contribution in [0.1, 0.15) is 64.3 Å². The number of rotatable bonds is 10. The summed E-state index contributed by atoms with van der Waals surface area (Å²) in [6.07, 6.45) is 1.44. The molecule has 52 heavy (non-hydrogen) atoms. The quantitative estimate of drug-likeness (QED) is 0.236. The Hall–Kier alpha value is -5.60. The third-order valence-electron chi connectivity index (χ3n) is 9.41. The van der Waals surface area contributed by atoms with Crippen LogP contribution in [0.4, 0.5) is 10.1 Å². The number of carboxylic acids is 2. The van der Waals surface area contributed by atoms with Crippen LogP contribution in [0.5, 0.6) is 0 Å². The van der Waals surface area contributed by atoms with Gasteiger partial charge in [-0.2, -0.15) is 0 Å². The Morgan fingerprint density at radius 3 is 2.42 bits per heavy atom. The fraction of sp³-hybridized carbons (Fsp3) is 0.297. The molecule has 5 N–H and O–H groups in total. The van der Waals surface area contributed by atoms with Crippen molar-refractivity contribution < 1.29 is 43.4 Å². The number of carbonyl (C=O) groups excluding carboxylic acids is 3. The molecule has 3 atom stereocenters. The van der Waals surface area contributed by atoms with Crippen molar-refractivity contribution in [3.63, 3.8) is 0 Å². The molecule has 6 rings (SSSR count). The molecule has 15 heteroatoms. The van der Waals surface area contributed by atoms with E-state index in [1.54, 1.807) is 23.1 Å². The Morgan fingerprint density at radius 1 is 1.00 bits per heavy atom. The first-order chi connectivity index (χ1) is 24.9. The molecule has 0 saturated carbocycles. The second-order valence-corrected chi connectivity index (χ2v) is 13.1. The van der Waals surface area contributed by atoms with Gasteiger partial charge in [0.25, 0.3) is 11.8 Å². The van der Waals surface area contributed by atoms with Gasteiger partial charge in [0.1, 0.15) is 6.04 Å². The summed E-state index contributed by atoms with van der Waals surface area (Å²) in [7, 11) is 0. The Kier molecular flexibility index (Phi) is 10.7. The van der Waals surface area contributed by atoms with E-state index >= 15 is 0 Å². The molecule has 13 nitrogen and oxygen atoms in total. The predicted octanol–water partition coefficient (Wildman–Crippen LogP) is 4.24. The summed E-state index contributed by atoms with van der Waals surface area (Å²) in [5, 5.41) is 25.0. The van der Waals surface area contributed by atoms with Crippen molar-refractivity contribution in [2.75, 3.05) is 25.0 Å². The number of amides is 3. The summed E-state index contributed by atoms with van der Waals surface area (Å²) in [5.74, 6) is -4.22. The van der Waals surface area contributed by atoms with E-state index in [-0.39, 0.29) is 60.1 Å². The zero-order valence-corrected chi connectivity index (χ0v) is 28.5. The van der Waals surface area contributed by atoms with Gasteiger partial charge in [-0.1, -0.05) is 47.1 Å². The predicted molar refractivity (Wildman–Crippen MR) is 188 cm³/mol. The number of benzene rings is 3. The number of carbonyl (C=O) groups is 5. The summed E-state index contributed by atoms with van der Waals surface area (Å²) in [5.41, 5.74) is 9.90. The van der Waals surface area contributed by atoms with E-state index in [9.17, 15) is 33.5 Å². The van der Waals surface area contributed by atoms with Crippen molar-refractivity contribution in [1.29, 1.82) is 0 Å². The van der Waals surface area contributed by atoms with Gasteiger partial charge in [-0.15, -0.1) is 0 Å². The lowest BCUT2D eigenvalue weighted by molar-refractivity contribution is -0.148. The van der Waals surface area contributed by atoms with Gasteiger partial charge in [-0.3, -0.25) is 19.2 Å². The summed E-state index contributed by atoms with van der Waals surface area (Å²) in [6.45, 7) is 0.772. The van der Waals surface area contributed by atoms with Crippen LogP contribution in [0.2, 0.25) is 5.02 Å². The highest BCUT2D eigenvalue weighted by atomic mass is 35.5. The van der Waals surface area contributed by atoms with Crippen LogP contribution in [0.3, 0.4) is 0 Å². The third-order valence-corrected chi connectivity index (χ3v) is 9.70. The molecule has 3 aliphatic rings. The topological polar surface area (TPSA) is 192 Å². The van der Waals surface area contributed by atoms with Crippen molar-refractivity contribution in [3.8, 4) is 0 Å². The number of hydrogen-bond donors (Lipinski definition) is 4. The molecule has 3 aliphatic heterocycles. The van der Waals surface area contributed by atoms with E-state index in [4.69, 9.17) is 27.3 Å². The Balaban J connectivity index is 1.27. The van der Waals surface area contributed by atoms with Crippen molar-refractivity contribution in [2.45, 2.75) is 50.3 Å². The van der Waals surface area contributed by atoms with Gasteiger partial charge in [-0.25, -0.2) is 9.18 Å². The van der Waals surface area contributed by atoms with E-state index in [2.05, 4.69) is 10.5 Å². The van der Waals surface area contributed by atoms with Crippen molar-refractivity contribution >= 4 is 58.2 Å². The minimum absolute atomic E-state index is 0.0344. The molecule has 270 valence electrons. The number of aromatic carboxylic acids is 1. The van der Waals surface area contributed by atoms with Gasteiger partial charge in [0.15, 0.2) is 5.82 Å². The minimum atomic E-state index is -1.13. The van der Waals surface area contributed by atoms with Gasteiger partial charge in [0, 0.05) is 43.7 Å². The van der Waals surface area contributed by atoms with E-state index < -0.39 is 47.8 Å². The second kappa shape index (κ2) is 15.3. The molecule has 0 bridgehead atoms. The summed E-state index contributed by atoms with van der Waals surface area (Å²) < 4.78 is 14.8. The molecular formula is C37H35ClFN5O8. The Labute approximate surface area is 302 Å². The first-order valence-corrected chi connectivity index (χ1v) is 17.0. The van der Waals surface area contributed by atoms with Crippen LogP contribution in [0.15, 0.2) is 71.9 Å². The first kappa shape index (κ1) is 36.2. The normalized spacial score (nSPS) is 18.8. The Morgan fingerprint density at radius 2 is 1.73 bits per heavy atom. The number of nitrogens with one attached hydrogen (secondary N) is 1. The molecule has 3 heterocycles. The van der Waals surface area contributed by atoms with E-state index in [0.29, 0.717) is 30.6 Å². The lowest BCUT2D eigenvalue weighted by Gasteiger charge is -2.38. The second-order valence-electron chi connectivity index (χ2n) is 12.7. The molecule has 0 fully saturated rings. The summed E-state index contributed by atoms with van der Waals surface area (Å²) >= 11 is 5.96. The van der Waals surface area contributed by atoms with Gasteiger partial charge < -0.3 is 35.9 Å². The molecule has 1 unspecified atom stereocenters. The minimum Gasteiger partial charge on any atom is -0.481 e. The average Bonchev–Trinajstić information content (AvgIpc) is 3.64. The average molecular weight is 732 g/mol. The number of carboxylic acid groups (broad SMARTS) is 2. The lowest BCUT2D eigenvalue weighted by Crippen LogP contribution is -2.49. The third kappa shape index (κ3) is 7.53. The van der Waals surface area contributed by atoms with Crippen molar-refractivity contribution in [1.82, 2.24) is 9.80 Å². The first-order valence-electron chi connectivity index (χ1n) is 16.6. The van der Waals surface area contributed by atoms with Crippen LogP contribution in [0.25, 0.3) is 5.57 Å². The number of oxime groups is 1. The zero-order valence-electron chi connectivity index (χ0n) is 27.8. The molecule has 0 aromatic heterocycles. The highest BCUT2D eigenvalue weighted by molar-refractivity contribution is 6.31. The molecule has 0 aliphatic carbocycles. The highest BCUT2D eigenvalue weighted by Crippen LogP contribution is 2.38. The van der Waals surface area contributed by atoms with E-state index in [0.717, 1.165) is 16.7 Å². The smallest absolute Gasteiger partial charge is 0.335 e. The number of anilines is 1. The lowest BCUT2D eigenvalue weighted by atomic mass is 9.84.